The minimum absolute atomic E-state index is 0.321. The third kappa shape index (κ3) is 4.72. The molecule has 1 N–H and O–H groups in total. The Morgan fingerprint density at radius 3 is 2.62 bits per heavy atom. The van der Waals surface area contributed by atoms with Gasteiger partial charge in [0.15, 0.2) is 0 Å². The highest BCUT2D eigenvalue weighted by molar-refractivity contribution is 7.89. The van der Waals surface area contributed by atoms with Gasteiger partial charge in [0.05, 0.1) is 16.8 Å². The number of anilines is 1. The summed E-state index contributed by atoms with van der Waals surface area (Å²) in [6, 6.07) is 16.8. The summed E-state index contributed by atoms with van der Waals surface area (Å²) in [5, 5.41) is 6.75. The molecule has 0 radical (unpaired) electrons. The zero-order valence-corrected chi connectivity index (χ0v) is 17.5. The number of rotatable bonds is 6. The molecule has 6 nitrogen and oxygen atoms in total. The van der Waals surface area contributed by atoms with Crippen LogP contribution in [0.1, 0.15) is 24.8 Å². The van der Waals surface area contributed by atoms with Crippen LogP contribution in [0.2, 0.25) is 0 Å². The van der Waals surface area contributed by atoms with Crippen LogP contribution in [0.5, 0.6) is 0 Å². The molecular weight excluding hydrogens is 404 g/mol. The number of aromatic nitrogens is 1. The van der Waals surface area contributed by atoms with Crippen LogP contribution in [0.3, 0.4) is 0 Å². The SMILES string of the molecule is O=S(=O)(c1cccc(-c2csc(N/N=C/c3ccccc3)n2)c1)N1CCCCC1. The van der Waals surface area contributed by atoms with E-state index < -0.39 is 10.0 Å². The van der Waals surface area contributed by atoms with Crippen LogP contribution in [0.4, 0.5) is 5.13 Å². The summed E-state index contributed by atoms with van der Waals surface area (Å²) in [6.45, 7) is 1.19. The normalized spacial score (nSPS) is 15.6. The lowest BCUT2D eigenvalue weighted by Crippen LogP contribution is -2.35. The lowest BCUT2D eigenvalue weighted by Gasteiger charge is -2.26. The average molecular weight is 427 g/mol. The molecular formula is C21H22N4O2S2. The predicted molar refractivity (Wildman–Crippen MR) is 118 cm³/mol. The Hall–Kier alpha value is -2.55. The van der Waals surface area contributed by atoms with Crippen molar-refractivity contribution in [3.05, 3.63) is 65.5 Å². The van der Waals surface area contributed by atoms with E-state index in [9.17, 15) is 8.42 Å². The Kier molecular flexibility index (Phi) is 6.03. The maximum absolute atomic E-state index is 12.9. The molecule has 1 aliphatic rings. The number of sulfonamides is 1. The quantitative estimate of drug-likeness (QED) is 0.467. The molecule has 150 valence electrons. The molecule has 1 fully saturated rings. The van der Waals surface area contributed by atoms with Crippen LogP contribution in [-0.2, 0) is 10.0 Å². The van der Waals surface area contributed by atoms with E-state index in [0.29, 0.717) is 23.1 Å². The topological polar surface area (TPSA) is 74.7 Å². The standard InChI is InChI=1S/C21H22N4O2S2/c26-29(27,25-12-5-2-6-13-25)19-11-7-10-18(14-19)20-16-28-21(23-20)24-22-15-17-8-3-1-4-9-17/h1,3-4,7-11,14-16H,2,5-6,12-13H2,(H,23,24)/b22-15+. The van der Waals surface area contributed by atoms with E-state index in [2.05, 4.69) is 15.5 Å². The summed E-state index contributed by atoms with van der Waals surface area (Å²) < 4.78 is 27.4. The molecule has 1 aliphatic heterocycles. The summed E-state index contributed by atoms with van der Waals surface area (Å²) in [5.41, 5.74) is 5.43. The molecule has 2 heterocycles. The minimum atomic E-state index is -3.46. The van der Waals surface area contributed by atoms with Crippen LogP contribution in [0.25, 0.3) is 11.3 Å². The second-order valence-corrected chi connectivity index (χ2v) is 9.61. The van der Waals surface area contributed by atoms with Gasteiger partial charge in [-0.15, -0.1) is 11.3 Å². The maximum atomic E-state index is 12.9. The summed E-state index contributed by atoms with van der Waals surface area (Å²) in [4.78, 5) is 4.85. The molecule has 0 unspecified atom stereocenters. The number of nitrogens with zero attached hydrogens (tertiary/aromatic N) is 3. The minimum Gasteiger partial charge on any atom is -0.253 e. The molecule has 3 aromatic rings. The van der Waals surface area contributed by atoms with Gasteiger partial charge in [0.1, 0.15) is 0 Å². The third-order valence-corrected chi connectivity index (χ3v) is 7.40. The predicted octanol–water partition coefficient (Wildman–Crippen LogP) is 4.43. The second kappa shape index (κ2) is 8.86. The Balaban J connectivity index is 1.49. The van der Waals surface area contributed by atoms with Gasteiger partial charge in [0, 0.05) is 24.0 Å². The molecule has 0 spiro atoms. The molecule has 4 rings (SSSR count). The second-order valence-electron chi connectivity index (χ2n) is 6.81. The third-order valence-electron chi connectivity index (χ3n) is 4.76. The molecule has 2 aromatic carbocycles. The monoisotopic (exact) mass is 426 g/mol. The zero-order valence-electron chi connectivity index (χ0n) is 15.9. The van der Waals surface area contributed by atoms with E-state index in [-0.39, 0.29) is 0 Å². The largest absolute Gasteiger partial charge is 0.253 e. The van der Waals surface area contributed by atoms with E-state index in [1.807, 2.05) is 41.8 Å². The van der Waals surface area contributed by atoms with Crippen molar-refractivity contribution in [2.24, 2.45) is 5.10 Å². The highest BCUT2D eigenvalue weighted by Crippen LogP contribution is 2.28. The summed E-state index contributed by atoms with van der Waals surface area (Å²) >= 11 is 1.43. The summed E-state index contributed by atoms with van der Waals surface area (Å²) in [5.74, 6) is 0. The molecule has 0 bridgehead atoms. The lowest BCUT2D eigenvalue weighted by atomic mass is 10.2. The molecule has 0 atom stereocenters. The molecule has 1 aromatic heterocycles. The Morgan fingerprint density at radius 2 is 1.83 bits per heavy atom. The molecule has 0 aliphatic carbocycles. The molecule has 0 saturated carbocycles. The van der Waals surface area contributed by atoms with Crippen molar-refractivity contribution < 1.29 is 8.42 Å². The van der Waals surface area contributed by atoms with Crippen LogP contribution >= 0.6 is 11.3 Å². The molecule has 1 saturated heterocycles. The number of hydrogen-bond donors (Lipinski definition) is 1. The van der Waals surface area contributed by atoms with Gasteiger partial charge in [-0.25, -0.2) is 13.4 Å². The van der Waals surface area contributed by atoms with Gasteiger partial charge in [-0.05, 0) is 30.5 Å². The average Bonchev–Trinajstić information content (AvgIpc) is 3.24. The van der Waals surface area contributed by atoms with Crippen LogP contribution < -0.4 is 5.43 Å². The van der Waals surface area contributed by atoms with Gasteiger partial charge in [0.25, 0.3) is 0 Å². The van der Waals surface area contributed by atoms with Crippen molar-refractivity contribution in [1.29, 1.82) is 0 Å². The Labute approximate surface area is 175 Å². The highest BCUT2D eigenvalue weighted by atomic mass is 32.2. The number of nitrogens with one attached hydrogen (secondary N) is 1. The lowest BCUT2D eigenvalue weighted by molar-refractivity contribution is 0.346. The van der Waals surface area contributed by atoms with Gasteiger partial charge in [-0.1, -0.05) is 48.9 Å². The van der Waals surface area contributed by atoms with Crippen LogP contribution in [-0.4, -0.2) is 37.0 Å². The van der Waals surface area contributed by atoms with Crippen molar-refractivity contribution in [1.82, 2.24) is 9.29 Å². The zero-order chi connectivity index (χ0) is 20.1. The first-order chi connectivity index (χ1) is 14.1. The molecule has 8 heteroatoms. The number of piperidine rings is 1. The highest BCUT2D eigenvalue weighted by Gasteiger charge is 2.26. The van der Waals surface area contributed by atoms with Gasteiger partial charge in [-0.3, -0.25) is 5.43 Å². The van der Waals surface area contributed by atoms with Gasteiger partial charge in [-0.2, -0.15) is 9.41 Å². The van der Waals surface area contributed by atoms with E-state index in [4.69, 9.17) is 0 Å². The smallest absolute Gasteiger partial charge is 0.243 e. The fraction of sp³-hybridized carbons (Fsp3) is 0.238. The van der Waals surface area contributed by atoms with E-state index >= 15 is 0 Å². The van der Waals surface area contributed by atoms with Crippen molar-refractivity contribution in [2.45, 2.75) is 24.2 Å². The fourth-order valence-corrected chi connectivity index (χ4v) is 5.46. The van der Waals surface area contributed by atoms with Crippen molar-refractivity contribution in [2.75, 3.05) is 18.5 Å². The number of thiazole rings is 1. The maximum Gasteiger partial charge on any atom is 0.243 e. The number of hydrogen-bond acceptors (Lipinski definition) is 6. The first-order valence-corrected chi connectivity index (χ1v) is 11.9. The van der Waals surface area contributed by atoms with Gasteiger partial charge in [0.2, 0.25) is 15.2 Å². The number of benzene rings is 2. The number of hydrazone groups is 1. The molecule has 0 amide bonds. The summed E-state index contributed by atoms with van der Waals surface area (Å²) in [7, 11) is -3.46. The first-order valence-electron chi connectivity index (χ1n) is 9.53. The molecule has 29 heavy (non-hydrogen) atoms. The van der Waals surface area contributed by atoms with Crippen molar-refractivity contribution in [3.63, 3.8) is 0 Å². The van der Waals surface area contributed by atoms with E-state index in [1.54, 1.807) is 28.7 Å². The fourth-order valence-electron chi connectivity index (χ4n) is 3.23. The van der Waals surface area contributed by atoms with Crippen LogP contribution in [0.15, 0.2) is 70.0 Å². The van der Waals surface area contributed by atoms with Crippen molar-refractivity contribution in [3.8, 4) is 11.3 Å². The Bertz CT molecular complexity index is 1090. The van der Waals surface area contributed by atoms with Gasteiger partial charge < -0.3 is 0 Å². The summed E-state index contributed by atoms with van der Waals surface area (Å²) in [6.07, 6.45) is 4.66. The van der Waals surface area contributed by atoms with E-state index in [0.717, 1.165) is 36.1 Å². The van der Waals surface area contributed by atoms with Crippen molar-refractivity contribution >= 4 is 32.7 Å². The Morgan fingerprint density at radius 1 is 1.03 bits per heavy atom. The van der Waals surface area contributed by atoms with Crippen LogP contribution in [0, 0.1) is 0 Å². The van der Waals surface area contributed by atoms with E-state index in [1.165, 1.54) is 11.3 Å². The first kappa shape index (κ1) is 19.8. The van der Waals surface area contributed by atoms with Gasteiger partial charge >= 0.3 is 0 Å².